The average molecular weight is 325 g/mol. The summed E-state index contributed by atoms with van der Waals surface area (Å²) >= 11 is 0. The van der Waals surface area contributed by atoms with Crippen molar-refractivity contribution >= 4 is 18.1 Å². The van der Waals surface area contributed by atoms with Crippen molar-refractivity contribution in [3.63, 3.8) is 0 Å². The van der Waals surface area contributed by atoms with Gasteiger partial charge in [-0.05, 0) is 0 Å². The number of hydrogen-bond acceptors (Lipinski definition) is 3. The molecule has 0 radical (unpaired) electrons. The molecule has 98 valence electrons. The summed E-state index contributed by atoms with van der Waals surface area (Å²) < 4.78 is 10.0. The SMILES string of the molecule is COC1CNCCO1.Cl.[N-]=[N+]=C1C=CC=CC1.[Zn]. The first-order valence-electron chi connectivity index (χ1n) is 5.26. The zero-order valence-corrected chi connectivity index (χ0v) is 14.3. The van der Waals surface area contributed by atoms with E-state index < -0.39 is 0 Å². The Labute approximate surface area is 126 Å². The summed E-state index contributed by atoms with van der Waals surface area (Å²) in [4.78, 5) is 3.03. The van der Waals surface area contributed by atoms with Gasteiger partial charge in [-0.1, -0.05) is 18.2 Å². The van der Waals surface area contributed by atoms with Gasteiger partial charge in [0.05, 0.1) is 13.0 Å². The standard InChI is InChI=1S/C6H6N2.C5H11NO2.ClH.Zn/c7-8-6-4-2-1-3-5-6;1-7-5-4-6-2-3-8-5;;/h1-4H,5H2;5-6H,2-4H2,1H3;1H;. The van der Waals surface area contributed by atoms with Crippen LogP contribution < -0.4 is 5.32 Å². The van der Waals surface area contributed by atoms with Crippen LogP contribution in [0.3, 0.4) is 0 Å². The molecule has 1 saturated heterocycles. The largest absolute Gasteiger partial charge is 0.361 e. The Morgan fingerprint density at radius 3 is 2.61 bits per heavy atom. The monoisotopic (exact) mass is 323 g/mol. The molecule has 1 atom stereocenters. The molecular formula is C11H18ClN3O2Zn. The normalized spacial score (nSPS) is 20.7. The van der Waals surface area contributed by atoms with Crippen LogP contribution in [0.1, 0.15) is 6.42 Å². The smallest absolute Gasteiger partial charge is 0.295 e. The molecule has 1 N–H and O–H groups in total. The van der Waals surface area contributed by atoms with Gasteiger partial charge in [0.15, 0.2) is 6.29 Å². The van der Waals surface area contributed by atoms with Crippen LogP contribution >= 0.6 is 12.4 Å². The molecule has 1 aliphatic heterocycles. The molecule has 0 aromatic rings. The Morgan fingerprint density at radius 1 is 1.50 bits per heavy atom. The third-order valence-corrected chi connectivity index (χ3v) is 2.15. The van der Waals surface area contributed by atoms with E-state index in [0.717, 1.165) is 26.1 Å². The third-order valence-electron chi connectivity index (χ3n) is 2.15. The molecule has 1 aliphatic carbocycles. The zero-order valence-electron chi connectivity index (χ0n) is 10.5. The van der Waals surface area contributed by atoms with Gasteiger partial charge in [0.25, 0.3) is 5.71 Å². The summed E-state index contributed by atoms with van der Waals surface area (Å²) in [5.41, 5.74) is 8.91. The summed E-state index contributed by atoms with van der Waals surface area (Å²) in [7, 11) is 1.65. The van der Waals surface area contributed by atoms with Crippen LogP contribution in [-0.2, 0) is 29.0 Å². The van der Waals surface area contributed by atoms with Crippen LogP contribution in [0.15, 0.2) is 24.3 Å². The Morgan fingerprint density at radius 2 is 2.28 bits per heavy atom. The summed E-state index contributed by atoms with van der Waals surface area (Å²) in [5, 5.41) is 3.14. The van der Waals surface area contributed by atoms with Crippen LogP contribution in [0.5, 0.6) is 0 Å². The van der Waals surface area contributed by atoms with E-state index in [9.17, 15) is 0 Å². The second-order valence-electron chi connectivity index (χ2n) is 3.32. The number of morpholine rings is 1. The van der Waals surface area contributed by atoms with E-state index in [0.29, 0.717) is 5.71 Å². The van der Waals surface area contributed by atoms with Crippen LogP contribution in [0.25, 0.3) is 5.53 Å². The van der Waals surface area contributed by atoms with Crippen LogP contribution in [0.4, 0.5) is 0 Å². The van der Waals surface area contributed by atoms with E-state index >= 15 is 0 Å². The van der Waals surface area contributed by atoms with Crippen molar-refractivity contribution in [2.24, 2.45) is 0 Å². The molecule has 18 heavy (non-hydrogen) atoms. The molecule has 2 aliphatic rings. The van der Waals surface area contributed by atoms with E-state index in [1.165, 1.54) is 0 Å². The van der Waals surface area contributed by atoms with Gasteiger partial charge >= 0.3 is 0 Å². The minimum atomic E-state index is -0.0243. The molecule has 0 spiro atoms. The van der Waals surface area contributed by atoms with Crippen LogP contribution in [0.2, 0.25) is 0 Å². The van der Waals surface area contributed by atoms with Gasteiger partial charge in [0.1, 0.15) is 0 Å². The Bertz CT molecular complexity index is 311. The van der Waals surface area contributed by atoms with Crippen molar-refractivity contribution in [3.05, 3.63) is 29.8 Å². The molecule has 2 rings (SSSR count). The second-order valence-corrected chi connectivity index (χ2v) is 3.32. The molecule has 1 heterocycles. The molecule has 1 fully saturated rings. The van der Waals surface area contributed by atoms with Crippen LogP contribution in [0, 0.1) is 0 Å². The van der Waals surface area contributed by atoms with Crippen molar-refractivity contribution in [2.75, 3.05) is 26.8 Å². The van der Waals surface area contributed by atoms with Gasteiger partial charge in [-0.25, -0.2) is 0 Å². The van der Waals surface area contributed by atoms with Crippen molar-refractivity contribution in [2.45, 2.75) is 12.7 Å². The maximum atomic E-state index is 8.19. The summed E-state index contributed by atoms with van der Waals surface area (Å²) in [5.74, 6) is 0. The van der Waals surface area contributed by atoms with Crippen molar-refractivity contribution in [1.29, 1.82) is 0 Å². The fraction of sp³-hybridized carbons (Fsp3) is 0.545. The van der Waals surface area contributed by atoms with Gasteiger partial charge in [-0.2, -0.15) is 4.79 Å². The van der Waals surface area contributed by atoms with E-state index in [4.69, 9.17) is 15.0 Å². The molecule has 5 nitrogen and oxygen atoms in total. The van der Waals surface area contributed by atoms with Gasteiger partial charge in [0, 0.05) is 45.8 Å². The molecule has 0 aromatic carbocycles. The summed E-state index contributed by atoms with van der Waals surface area (Å²) in [6, 6.07) is 0. The number of methoxy groups -OCH3 is 1. The summed E-state index contributed by atoms with van der Waals surface area (Å²) in [6.45, 7) is 2.52. The number of hydrogen-bond donors (Lipinski definition) is 1. The minimum Gasteiger partial charge on any atom is -0.361 e. The molecule has 0 amide bonds. The van der Waals surface area contributed by atoms with Crippen molar-refractivity contribution < 1.29 is 33.7 Å². The van der Waals surface area contributed by atoms with Crippen LogP contribution in [-0.4, -0.2) is 43.6 Å². The number of nitrogens with zero attached hydrogens (tertiary/aromatic N) is 2. The van der Waals surface area contributed by atoms with E-state index in [1.54, 1.807) is 13.2 Å². The predicted octanol–water partition coefficient (Wildman–Crippen LogP) is 1.17. The van der Waals surface area contributed by atoms with E-state index in [-0.39, 0.29) is 38.2 Å². The summed E-state index contributed by atoms with van der Waals surface area (Å²) in [6.07, 6.45) is 8.21. The fourth-order valence-corrected chi connectivity index (χ4v) is 1.27. The van der Waals surface area contributed by atoms with Gasteiger partial charge in [0.2, 0.25) is 0 Å². The average Bonchev–Trinajstić information content (AvgIpc) is 2.41. The molecule has 0 saturated carbocycles. The van der Waals surface area contributed by atoms with E-state index in [2.05, 4.69) is 10.1 Å². The second kappa shape index (κ2) is 13.1. The van der Waals surface area contributed by atoms with Crippen molar-refractivity contribution in [1.82, 2.24) is 5.32 Å². The first-order valence-corrected chi connectivity index (χ1v) is 5.26. The fourth-order valence-electron chi connectivity index (χ4n) is 1.27. The Kier molecular flexibility index (Phi) is 14.5. The first kappa shape index (κ1) is 20.0. The van der Waals surface area contributed by atoms with Gasteiger partial charge in [-0.15, -0.1) is 12.4 Å². The van der Waals surface area contributed by atoms with Gasteiger partial charge < -0.3 is 20.3 Å². The zero-order chi connectivity index (χ0) is 11.6. The van der Waals surface area contributed by atoms with Gasteiger partial charge in [-0.3, -0.25) is 0 Å². The number of allylic oxidation sites excluding steroid dienone is 4. The third kappa shape index (κ3) is 8.70. The first-order chi connectivity index (χ1) is 7.86. The topological polar surface area (TPSA) is 66.9 Å². The van der Waals surface area contributed by atoms with E-state index in [1.807, 2.05) is 18.2 Å². The maximum absolute atomic E-state index is 8.19. The maximum Gasteiger partial charge on any atom is 0.295 e. The predicted molar refractivity (Wildman–Crippen MR) is 68.4 cm³/mol. The number of ether oxygens (including phenoxy) is 2. The number of rotatable bonds is 1. The molecule has 7 heteroatoms. The van der Waals surface area contributed by atoms with Crippen molar-refractivity contribution in [3.8, 4) is 0 Å². The Balaban J connectivity index is 0. The molecule has 0 bridgehead atoms. The Hall–Kier alpha value is -0.347. The molecule has 0 aromatic heterocycles. The molecular weight excluding hydrogens is 307 g/mol. The number of nitrogens with one attached hydrogen (secondary N) is 1. The molecule has 1 unspecified atom stereocenters. The minimum absolute atomic E-state index is 0. The quantitative estimate of drug-likeness (QED) is 0.447. The number of halogens is 1.